The molecule has 0 aromatic carbocycles. The van der Waals surface area contributed by atoms with E-state index in [2.05, 4.69) is 17.1 Å². The Kier molecular flexibility index (Phi) is 5.46. The van der Waals surface area contributed by atoms with E-state index < -0.39 is 5.41 Å². The van der Waals surface area contributed by atoms with E-state index in [9.17, 15) is 4.79 Å². The third-order valence-corrected chi connectivity index (χ3v) is 4.74. The SMILES string of the molecule is CCCSCc1noc(C2(C(=O)OCC)CCCC2)n1. The molecule has 0 N–H and O–H groups in total. The van der Waals surface area contributed by atoms with Crippen molar-refractivity contribution in [3.63, 3.8) is 0 Å². The summed E-state index contributed by atoms with van der Waals surface area (Å²) in [6.45, 7) is 4.35. The van der Waals surface area contributed by atoms with Gasteiger partial charge in [0.2, 0.25) is 5.89 Å². The van der Waals surface area contributed by atoms with Gasteiger partial charge in [-0.25, -0.2) is 0 Å². The molecule has 0 bridgehead atoms. The van der Waals surface area contributed by atoms with Crippen molar-refractivity contribution in [2.75, 3.05) is 12.4 Å². The maximum atomic E-state index is 12.3. The van der Waals surface area contributed by atoms with Crippen LogP contribution in [0.4, 0.5) is 0 Å². The maximum Gasteiger partial charge on any atom is 0.321 e. The van der Waals surface area contributed by atoms with Gasteiger partial charge in [0, 0.05) is 0 Å². The predicted octanol–water partition coefficient (Wildman–Crippen LogP) is 3.09. The van der Waals surface area contributed by atoms with Gasteiger partial charge in [0.05, 0.1) is 12.4 Å². The van der Waals surface area contributed by atoms with Crippen LogP contribution in [0.3, 0.4) is 0 Å². The van der Waals surface area contributed by atoms with Crippen molar-refractivity contribution in [3.05, 3.63) is 11.7 Å². The highest BCUT2D eigenvalue weighted by molar-refractivity contribution is 7.98. The van der Waals surface area contributed by atoms with E-state index >= 15 is 0 Å². The zero-order chi connectivity index (χ0) is 14.4. The number of hydrogen-bond acceptors (Lipinski definition) is 6. The van der Waals surface area contributed by atoms with E-state index in [0.29, 0.717) is 18.3 Å². The molecule has 112 valence electrons. The third kappa shape index (κ3) is 3.16. The lowest BCUT2D eigenvalue weighted by molar-refractivity contribution is -0.151. The second-order valence-corrected chi connectivity index (χ2v) is 6.18. The Labute approximate surface area is 123 Å². The molecule has 0 radical (unpaired) electrons. The van der Waals surface area contributed by atoms with Crippen molar-refractivity contribution in [1.82, 2.24) is 10.1 Å². The average Bonchev–Trinajstić information content (AvgIpc) is 3.08. The fourth-order valence-electron chi connectivity index (χ4n) is 2.57. The number of nitrogens with zero attached hydrogens (tertiary/aromatic N) is 2. The molecule has 1 aromatic heterocycles. The zero-order valence-corrected chi connectivity index (χ0v) is 13.0. The first kappa shape index (κ1) is 15.4. The number of ether oxygens (including phenoxy) is 1. The van der Waals surface area contributed by atoms with Crippen molar-refractivity contribution in [2.45, 2.75) is 57.1 Å². The van der Waals surface area contributed by atoms with Gasteiger partial charge >= 0.3 is 5.97 Å². The Morgan fingerprint density at radius 3 is 2.80 bits per heavy atom. The quantitative estimate of drug-likeness (QED) is 0.569. The summed E-state index contributed by atoms with van der Waals surface area (Å²) in [7, 11) is 0. The number of aromatic nitrogens is 2. The summed E-state index contributed by atoms with van der Waals surface area (Å²) in [5.41, 5.74) is -0.698. The molecule has 6 heteroatoms. The molecular weight excluding hydrogens is 276 g/mol. The number of hydrogen-bond donors (Lipinski definition) is 0. The average molecular weight is 298 g/mol. The second kappa shape index (κ2) is 7.11. The Hall–Kier alpha value is -1.04. The molecule has 1 saturated carbocycles. The second-order valence-electron chi connectivity index (χ2n) is 5.08. The summed E-state index contributed by atoms with van der Waals surface area (Å²) in [5, 5.41) is 4.01. The summed E-state index contributed by atoms with van der Waals surface area (Å²) in [6.07, 6.45) is 4.62. The van der Waals surface area contributed by atoms with Crippen LogP contribution in [0.5, 0.6) is 0 Å². The molecule has 0 spiro atoms. The van der Waals surface area contributed by atoms with Crippen LogP contribution >= 0.6 is 11.8 Å². The van der Waals surface area contributed by atoms with Crippen molar-refractivity contribution in [1.29, 1.82) is 0 Å². The Morgan fingerprint density at radius 2 is 2.15 bits per heavy atom. The van der Waals surface area contributed by atoms with Crippen LogP contribution in [-0.2, 0) is 20.7 Å². The standard InChI is InChI=1S/C14H22N2O3S/c1-3-9-20-10-11-15-12(19-16-11)14(7-5-6-8-14)13(17)18-4-2/h3-10H2,1-2H3. The molecule has 1 heterocycles. The number of esters is 1. The zero-order valence-electron chi connectivity index (χ0n) is 12.2. The summed E-state index contributed by atoms with van der Waals surface area (Å²) in [5.74, 6) is 2.71. The maximum absolute atomic E-state index is 12.3. The number of rotatable bonds is 7. The summed E-state index contributed by atoms with van der Waals surface area (Å²) in [4.78, 5) is 16.7. The molecular formula is C14H22N2O3S. The normalized spacial score (nSPS) is 17.3. The minimum atomic E-state index is -0.698. The fraction of sp³-hybridized carbons (Fsp3) is 0.786. The fourth-order valence-corrected chi connectivity index (χ4v) is 3.30. The first-order valence-corrected chi connectivity index (χ1v) is 8.46. The Bertz CT molecular complexity index is 441. The number of carbonyl (C=O) groups is 1. The van der Waals surface area contributed by atoms with Crippen LogP contribution in [0.1, 0.15) is 57.7 Å². The van der Waals surface area contributed by atoms with E-state index in [-0.39, 0.29) is 5.97 Å². The molecule has 1 aliphatic carbocycles. The molecule has 0 atom stereocenters. The Balaban J connectivity index is 2.12. The van der Waals surface area contributed by atoms with Gasteiger partial charge in [-0.15, -0.1) is 0 Å². The summed E-state index contributed by atoms with van der Waals surface area (Å²) < 4.78 is 10.6. The van der Waals surface area contributed by atoms with Crippen LogP contribution in [-0.4, -0.2) is 28.5 Å². The minimum Gasteiger partial charge on any atom is -0.465 e. The molecule has 0 aliphatic heterocycles. The van der Waals surface area contributed by atoms with Crippen LogP contribution in [0.25, 0.3) is 0 Å². The number of carbonyl (C=O) groups excluding carboxylic acids is 1. The molecule has 20 heavy (non-hydrogen) atoms. The van der Waals surface area contributed by atoms with E-state index in [1.165, 1.54) is 0 Å². The van der Waals surface area contributed by atoms with Gasteiger partial charge in [-0.05, 0) is 31.9 Å². The molecule has 2 rings (SSSR count). The largest absolute Gasteiger partial charge is 0.465 e. The van der Waals surface area contributed by atoms with Crippen molar-refractivity contribution >= 4 is 17.7 Å². The topological polar surface area (TPSA) is 65.2 Å². The predicted molar refractivity (Wildman–Crippen MR) is 77.5 cm³/mol. The van der Waals surface area contributed by atoms with Crippen LogP contribution in [0, 0.1) is 0 Å². The molecule has 5 nitrogen and oxygen atoms in total. The highest BCUT2D eigenvalue weighted by Gasteiger charge is 2.49. The van der Waals surface area contributed by atoms with Gasteiger partial charge in [0.15, 0.2) is 5.82 Å². The van der Waals surface area contributed by atoms with Crippen molar-refractivity contribution in [2.24, 2.45) is 0 Å². The van der Waals surface area contributed by atoms with E-state index in [0.717, 1.165) is 43.6 Å². The van der Waals surface area contributed by atoms with Crippen LogP contribution in [0.2, 0.25) is 0 Å². The van der Waals surface area contributed by atoms with E-state index in [4.69, 9.17) is 9.26 Å². The van der Waals surface area contributed by atoms with Crippen molar-refractivity contribution in [3.8, 4) is 0 Å². The molecule has 1 aromatic rings. The summed E-state index contributed by atoms with van der Waals surface area (Å²) in [6, 6.07) is 0. The Morgan fingerprint density at radius 1 is 1.40 bits per heavy atom. The first-order chi connectivity index (χ1) is 9.73. The van der Waals surface area contributed by atoms with E-state index in [1.807, 2.05) is 6.92 Å². The van der Waals surface area contributed by atoms with Gasteiger partial charge < -0.3 is 9.26 Å². The smallest absolute Gasteiger partial charge is 0.321 e. The highest BCUT2D eigenvalue weighted by Crippen LogP contribution is 2.41. The summed E-state index contributed by atoms with van der Waals surface area (Å²) >= 11 is 1.78. The monoisotopic (exact) mass is 298 g/mol. The van der Waals surface area contributed by atoms with Gasteiger partial charge in [0.25, 0.3) is 0 Å². The third-order valence-electron chi connectivity index (χ3n) is 3.58. The van der Waals surface area contributed by atoms with Gasteiger partial charge in [-0.3, -0.25) is 4.79 Å². The highest BCUT2D eigenvalue weighted by atomic mass is 32.2. The molecule has 1 fully saturated rings. The van der Waals surface area contributed by atoms with E-state index in [1.54, 1.807) is 11.8 Å². The van der Waals surface area contributed by atoms with Crippen LogP contribution in [0.15, 0.2) is 4.52 Å². The number of thioether (sulfide) groups is 1. The van der Waals surface area contributed by atoms with Gasteiger partial charge in [-0.1, -0.05) is 24.9 Å². The minimum absolute atomic E-state index is 0.214. The lowest BCUT2D eigenvalue weighted by Crippen LogP contribution is -2.35. The van der Waals surface area contributed by atoms with Crippen molar-refractivity contribution < 1.29 is 14.1 Å². The van der Waals surface area contributed by atoms with Gasteiger partial charge in [0.1, 0.15) is 5.41 Å². The first-order valence-electron chi connectivity index (χ1n) is 7.31. The lowest BCUT2D eigenvalue weighted by Gasteiger charge is -2.21. The van der Waals surface area contributed by atoms with Crippen LogP contribution < -0.4 is 0 Å². The molecule has 0 amide bonds. The molecule has 0 saturated heterocycles. The molecule has 0 unspecified atom stereocenters. The molecule has 1 aliphatic rings. The van der Waals surface area contributed by atoms with Gasteiger partial charge in [-0.2, -0.15) is 16.7 Å². The lowest BCUT2D eigenvalue weighted by atomic mass is 9.86.